The van der Waals surface area contributed by atoms with Crippen molar-refractivity contribution in [3.05, 3.63) is 55.7 Å². The van der Waals surface area contributed by atoms with Crippen LogP contribution in [0.2, 0.25) is 0 Å². The highest BCUT2D eigenvalue weighted by Crippen LogP contribution is 2.26. The summed E-state index contributed by atoms with van der Waals surface area (Å²) >= 11 is 1.62. The van der Waals surface area contributed by atoms with E-state index in [0.29, 0.717) is 31.3 Å². The Morgan fingerprint density at radius 1 is 1.35 bits per heavy atom. The van der Waals surface area contributed by atoms with Gasteiger partial charge in [-0.15, -0.1) is 0 Å². The number of oxazole rings is 1. The molecule has 0 atom stereocenters. The van der Waals surface area contributed by atoms with Crippen molar-refractivity contribution in [1.29, 1.82) is 0 Å². The Labute approximate surface area is 136 Å². The molecule has 0 amide bonds. The summed E-state index contributed by atoms with van der Waals surface area (Å²) in [6.07, 6.45) is 0. The van der Waals surface area contributed by atoms with Crippen LogP contribution < -0.4 is 5.56 Å². The molecule has 3 aromatic rings. The zero-order valence-corrected chi connectivity index (χ0v) is 13.7. The van der Waals surface area contributed by atoms with E-state index in [-0.39, 0.29) is 5.56 Å². The van der Waals surface area contributed by atoms with E-state index in [1.54, 1.807) is 18.3 Å². The predicted molar refractivity (Wildman–Crippen MR) is 87.1 cm³/mol. The van der Waals surface area contributed by atoms with Crippen molar-refractivity contribution in [2.45, 2.75) is 33.5 Å². The molecule has 0 saturated heterocycles. The smallest absolute Gasteiger partial charge is 0.255 e. The third-order valence-electron chi connectivity index (χ3n) is 4.01. The molecule has 0 bridgehead atoms. The van der Waals surface area contributed by atoms with Crippen LogP contribution in [0.15, 0.2) is 26.0 Å². The number of aromatic amines is 1. The lowest BCUT2D eigenvalue weighted by Gasteiger charge is -2.12. The Morgan fingerprint density at radius 3 is 3.00 bits per heavy atom. The molecule has 1 aliphatic heterocycles. The Kier molecular flexibility index (Phi) is 3.39. The number of rotatable bonds is 3. The zero-order chi connectivity index (χ0) is 16.0. The molecule has 4 rings (SSSR count). The molecular weight excluding hydrogens is 312 g/mol. The molecule has 1 aliphatic rings. The molecule has 0 aliphatic carbocycles. The number of fused-ring (bicyclic) bond motifs is 1. The Morgan fingerprint density at radius 2 is 2.22 bits per heavy atom. The summed E-state index contributed by atoms with van der Waals surface area (Å²) in [4.78, 5) is 26.0. The van der Waals surface area contributed by atoms with Crippen LogP contribution in [0.5, 0.6) is 0 Å². The van der Waals surface area contributed by atoms with Crippen LogP contribution >= 0.6 is 11.3 Å². The molecule has 3 aromatic heterocycles. The first-order valence-electron chi connectivity index (χ1n) is 7.40. The Balaban J connectivity index is 1.56. The van der Waals surface area contributed by atoms with Crippen molar-refractivity contribution < 1.29 is 4.42 Å². The molecule has 0 fully saturated rings. The molecule has 118 valence electrons. The minimum atomic E-state index is -0.0363. The molecule has 0 aromatic carbocycles. The lowest BCUT2D eigenvalue weighted by molar-refractivity contribution is 0.269. The zero-order valence-electron chi connectivity index (χ0n) is 12.9. The first-order valence-corrected chi connectivity index (χ1v) is 8.34. The van der Waals surface area contributed by atoms with E-state index in [0.717, 1.165) is 28.3 Å². The van der Waals surface area contributed by atoms with Crippen molar-refractivity contribution in [3.8, 4) is 11.5 Å². The van der Waals surface area contributed by atoms with Gasteiger partial charge < -0.3 is 9.40 Å². The van der Waals surface area contributed by atoms with Crippen molar-refractivity contribution in [2.75, 3.05) is 0 Å². The van der Waals surface area contributed by atoms with Gasteiger partial charge in [0.25, 0.3) is 5.56 Å². The fourth-order valence-corrected chi connectivity index (χ4v) is 3.49. The summed E-state index contributed by atoms with van der Waals surface area (Å²) in [5.74, 6) is 2.13. The van der Waals surface area contributed by atoms with Crippen LogP contribution in [0.1, 0.15) is 28.5 Å². The van der Waals surface area contributed by atoms with Crippen molar-refractivity contribution in [3.63, 3.8) is 0 Å². The Bertz CT molecular complexity index is 911. The predicted octanol–water partition coefficient (Wildman–Crippen LogP) is 2.62. The SMILES string of the molecule is Cc1nc2c(c(=O)[nH]1)CN(Cc1nc(-c3ccsc3)oc1C)C2. The van der Waals surface area contributed by atoms with Crippen LogP contribution in [0.3, 0.4) is 0 Å². The number of hydrogen-bond donors (Lipinski definition) is 1. The normalized spacial score (nSPS) is 14.3. The standard InChI is InChI=1S/C16H16N4O2S/c1-9-13(19-16(22-9)11-3-4-23-8-11)6-20-5-12-14(7-20)17-10(2)18-15(12)21/h3-4,8H,5-7H2,1-2H3,(H,17,18,21). The van der Waals surface area contributed by atoms with Gasteiger partial charge in [-0.3, -0.25) is 9.69 Å². The second-order valence-electron chi connectivity index (χ2n) is 5.76. The van der Waals surface area contributed by atoms with Gasteiger partial charge in [0.2, 0.25) is 5.89 Å². The topological polar surface area (TPSA) is 75.0 Å². The largest absolute Gasteiger partial charge is 0.441 e. The summed E-state index contributed by atoms with van der Waals surface area (Å²) in [7, 11) is 0. The van der Waals surface area contributed by atoms with Crippen LogP contribution in [0.4, 0.5) is 0 Å². The van der Waals surface area contributed by atoms with Gasteiger partial charge in [-0.05, 0) is 25.3 Å². The maximum atomic E-state index is 12.0. The molecule has 23 heavy (non-hydrogen) atoms. The molecule has 0 saturated carbocycles. The lowest BCUT2D eigenvalue weighted by atomic mass is 10.3. The van der Waals surface area contributed by atoms with Gasteiger partial charge in [-0.25, -0.2) is 9.97 Å². The average Bonchev–Trinajstić information content (AvgIpc) is 3.19. The van der Waals surface area contributed by atoms with Crippen LogP contribution in [-0.4, -0.2) is 19.9 Å². The van der Waals surface area contributed by atoms with E-state index < -0.39 is 0 Å². The molecule has 6 nitrogen and oxygen atoms in total. The van der Waals surface area contributed by atoms with Gasteiger partial charge >= 0.3 is 0 Å². The van der Waals surface area contributed by atoms with Gasteiger partial charge in [0.05, 0.1) is 17.0 Å². The van der Waals surface area contributed by atoms with Crippen LogP contribution in [0.25, 0.3) is 11.5 Å². The Hall–Kier alpha value is -2.25. The first-order chi connectivity index (χ1) is 11.1. The molecule has 4 heterocycles. The fraction of sp³-hybridized carbons (Fsp3) is 0.312. The number of hydrogen-bond acceptors (Lipinski definition) is 6. The highest BCUT2D eigenvalue weighted by atomic mass is 32.1. The number of nitrogens with zero attached hydrogens (tertiary/aromatic N) is 3. The maximum absolute atomic E-state index is 12.0. The van der Waals surface area contributed by atoms with E-state index in [9.17, 15) is 4.79 Å². The number of H-pyrrole nitrogens is 1. The van der Waals surface area contributed by atoms with Gasteiger partial charge in [0.15, 0.2) is 0 Å². The van der Waals surface area contributed by atoms with Crippen LogP contribution in [-0.2, 0) is 19.6 Å². The highest BCUT2D eigenvalue weighted by molar-refractivity contribution is 7.08. The average molecular weight is 328 g/mol. The van der Waals surface area contributed by atoms with Crippen molar-refractivity contribution in [1.82, 2.24) is 19.9 Å². The maximum Gasteiger partial charge on any atom is 0.255 e. The number of thiophene rings is 1. The number of nitrogens with one attached hydrogen (secondary N) is 1. The van der Waals surface area contributed by atoms with Gasteiger partial charge in [0.1, 0.15) is 11.6 Å². The summed E-state index contributed by atoms with van der Waals surface area (Å²) in [6.45, 7) is 5.64. The highest BCUT2D eigenvalue weighted by Gasteiger charge is 2.25. The van der Waals surface area contributed by atoms with E-state index >= 15 is 0 Å². The lowest BCUT2D eigenvalue weighted by Crippen LogP contribution is -2.18. The van der Waals surface area contributed by atoms with Gasteiger partial charge in [-0.1, -0.05) is 0 Å². The molecule has 7 heteroatoms. The van der Waals surface area contributed by atoms with E-state index in [2.05, 4.69) is 19.9 Å². The minimum absolute atomic E-state index is 0.0363. The molecule has 1 N–H and O–H groups in total. The van der Waals surface area contributed by atoms with Crippen molar-refractivity contribution in [2.24, 2.45) is 0 Å². The number of aryl methyl sites for hydroxylation is 2. The van der Waals surface area contributed by atoms with E-state index in [1.807, 2.05) is 23.8 Å². The van der Waals surface area contributed by atoms with Crippen LogP contribution in [0, 0.1) is 13.8 Å². The quantitative estimate of drug-likeness (QED) is 0.800. The van der Waals surface area contributed by atoms with Gasteiger partial charge in [0, 0.05) is 30.6 Å². The molecule has 0 unspecified atom stereocenters. The summed E-state index contributed by atoms with van der Waals surface area (Å²) < 4.78 is 5.77. The van der Waals surface area contributed by atoms with E-state index in [4.69, 9.17) is 4.42 Å². The number of aromatic nitrogens is 3. The minimum Gasteiger partial charge on any atom is -0.441 e. The third kappa shape index (κ3) is 2.62. The second kappa shape index (κ2) is 5.43. The fourth-order valence-electron chi connectivity index (χ4n) is 2.86. The summed E-state index contributed by atoms with van der Waals surface area (Å²) in [5, 5.41) is 4.03. The first kappa shape index (κ1) is 14.3. The summed E-state index contributed by atoms with van der Waals surface area (Å²) in [6, 6.07) is 2.00. The third-order valence-corrected chi connectivity index (χ3v) is 4.69. The van der Waals surface area contributed by atoms with Crippen molar-refractivity contribution >= 4 is 11.3 Å². The molecule has 0 radical (unpaired) electrons. The molecule has 0 spiro atoms. The van der Waals surface area contributed by atoms with Gasteiger partial charge in [-0.2, -0.15) is 11.3 Å². The monoisotopic (exact) mass is 328 g/mol. The molecular formula is C16H16N4O2S. The van der Waals surface area contributed by atoms with E-state index in [1.165, 1.54) is 0 Å². The summed E-state index contributed by atoms with van der Waals surface area (Å²) in [5.41, 5.74) is 3.50. The second-order valence-corrected chi connectivity index (χ2v) is 6.54.